The average molecular weight is 260 g/mol. The highest BCUT2D eigenvalue weighted by molar-refractivity contribution is 9.10. The summed E-state index contributed by atoms with van der Waals surface area (Å²) in [6, 6.07) is 6.14. The van der Waals surface area contributed by atoms with Crippen LogP contribution >= 0.6 is 15.9 Å². The lowest BCUT2D eigenvalue weighted by molar-refractivity contribution is 0.0867. The summed E-state index contributed by atoms with van der Waals surface area (Å²) in [4.78, 5) is 4.77. The molecule has 0 aliphatic carbocycles. The van der Waals surface area contributed by atoms with E-state index in [4.69, 9.17) is 9.57 Å². The largest absolute Gasteiger partial charge is 0.380 e. The van der Waals surface area contributed by atoms with Gasteiger partial charge in [0.15, 0.2) is 0 Å². The maximum atomic E-state index is 5.06. The summed E-state index contributed by atoms with van der Waals surface area (Å²) in [6.07, 6.45) is 0. The minimum atomic E-state index is 0.624. The minimum absolute atomic E-state index is 0.624. The van der Waals surface area contributed by atoms with E-state index in [9.17, 15) is 0 Å². The SMILES string of the molecule is COCc1ccc(CNOC)cc1Br. The zero-order chi connectivity index (χ0) is 10.4. The van der Waals surface area contributed by atoms with Crippen molar-refractivity contribution >= 4 is 15.9 Å². The van der Waals surface area contributed by atoms with Gasteiger partial charge in [0.25, 0.3) is 0 Å². The third-order valence-electron chi connectivity index (χ3n) is 1.84. The molecule has 3 nitrogen and oxygen atoms in total. The number of hydrogen-bond acceptors (Lipinski definition) is 3. The average Bonchev–Trinajstić information content (AvgIpc) is 2.19. The van der Waals surface area contributed by atoms with Gasteiger partial charge in [-0.15, -0.1) is 0 Å². The quantitative estimate of drug-likeness (QED) is 0.823. The summed E-state index contributed by atoms with van der Waals surface area (Å²) >= 11 is 3.49. The number of hydrogen-bond donors (Lipinski definition) is 1. The summed E-state index contributed by atoms with van der Waals surface area (Å²) in [6.45, 7) is 1.32. The van der Waals surface area contributed by atoms with E-state index in [2.05, 4.69) is 27.5 Å². The van der Waals surface area contributed by atoms with E-state index in [1.807, 2.05) is 12.1 Å². The summed E-state index contributed by atoms with van der Waals surface area (Å²) in [7, 11) is 3.29. The van der Waals surface area contributed by atoms with E-state index in [1.54, 1.807) is 14.2 Å². The molecule has 0 saturated carbocycles. The number of halogens is 1. The van der Waals surface area contributed by atoms with Gasteiger partial charge in [-0.1, -0.05) is 28.1 Å². The molecular weight excluding hydrogens is 246 g/mol. The molecule has 1 N–H and O–H groups in total. The Kier molecular flexibility index (Phi) is 5.11. The Bertz CT molecular complexity index is 291. The molecule has 0 saturated heterocycles. The van der Waals surface area contributed by atoms with Crippen molar-refractivity contribution in [2.24, 2.45) is 0 Å². The highest BCUT2D eigenvalue weighted by atomic mass is 79.9. The number of methoxy groups -OCH3 is 1. The van der Waals surface area contributed by atoms with E-state index in [0.29, 0.717) is 13.2 Å². The number of ether oxygens (including phenoxy) is 1. The van der Waals surface area contributed by atoms with Crippen LogP contribution in [0.1, 0.15) is 11.1 Å². The molecule has 0 bridgehead atoms. The molecule has 0 heterocycles. The first-order valence-corrected chi connectivity index (χ1v) is 5.09. The summed E-state index contributed by atoms with van der Waals surface area (Å²) in [5, 5.41) is 0. The van der Waals surface area contributed by atoms with Crippen LogP contribution in [0.5, 0.6) is 0 Å². The van der Waals surface area contributed by atoms with Gasteiger partial charge >= 0.3 is 0 Å². The Hall–Kier alpha value is -0.420. The number of nitrogens with one attached hydrogen (secondary N) is 1. The van der Waals surface area contributed by atoms with Crippen molar-refractivity contribution in [1.29, 1.82) is 0 Å². The third-order valence-corrected chi connectivity index (χ3v) is 2.58. The molecule has 78 valence electrons. The van der Waals surface area contributed by atoms with Crippen LogP contribution in [0.2, 0.25) is 0 Å². The van der Waals surface area contributed by atoms with Crippen LogP contribution in [-0.2, 0) is 22.7 Å². The molecule has 4 heteroatoms. The van der Waals surface area contributed by atoms with E-state index < -0.39 is 0 Å². The second-order valence-corrected chi connectivity index (χ2v) is 3.74. The zero-order valence-electron chi connectivity index (χ0n) is 8.34. The maximum absolute atomic E-state index is 5.06. The monoisotopic (exact) mass is 259 g/mol. The van der Waals surface area contributed by atoms with Gasteiger partial charge in [0.2, 0.25) is 0 Å². The predicted molar refractivity (Wildman–Crippen MR) is 58.7 cm³/mol. The molecule has 0 aliphatic rings. The summed E-state index contributed by atoms with van der Waals surface area (Å²) in [5.41, 5.74) is 5.10. The van der Waals surface area contributed by atoms with Crippen molar-refractivity contribution in [3.63, 3.8) is 0 Å². The normalized spacial score (nSPS) is 10.5. The van der Waals surface area contributed by atoms with Crippen molar-refractivity contribution in [1.82, 2.24) is 5.48 Å². The van der Waals surface area contributed by atoms with Crippen LogP contribution in [-0.4, -0.2) is 14.2 Å². The highest BCUT2D eigenvalue weighted by Gasteiger charge is 2.00. The van der Waals surface area contributed by atoms with Gasteiger partial charge in [-0.3, -0.25) is 0 Å². The number of rotatable bonds is 5. The molecule has 14 heavy (non-hydrogen) atoms. The molecule has 1 rings (SSSR count). The maximum Gasteiger partial charge on any atom is 0.0724 e. The van der Waals surface area contributed by atoms with Crippen molar-refractivity contribution in [3.05, 3.63) is 33.8 Å². The molecule has 0 unspecified atom stereocenters. The lowest BCUT2D eigenvalue weighted by atomic mass is 10.1. The lowest BCUT2D eigenvalue weighted by Crippen LogP contribution is -2.10. The topological polar surface area (TPSA) is 30.5 Å². The van der Waals surface area contributed by atoms with Gasteiger partial charge in [-0.2, -0.15) is 5.48 Å². The minimum Gasteiger partial charge on any atom is -0.380 e. The summed E-state index contributed by atoms with van der Waals surface area (Å²) < 4.78 is 6.12. The van der Waals surface area contributed by atoms with Crippen LogP contribution in [0.4, 0.5) is 0 Å². The van der Waals surface area contributed by atoms with Gasteiger partial charge in [0.05, 0.1) is 13.7 Å². The van der Waals surface area contributed by atoms with Gasteiger partial charge < -0.3 is 9.57 Å². The second kappa shape index (κ2) is 6.14. The molecule has 1 aromatic carbocycles. The van der Waals surface area contributed by atoms with Gasteiger partial charge in [-0.25, -0.2) is 0 Å². The van der Waals surface area contributed by atoms with Crippen molar-refractivity contribution in [3.8, 4) is 0 Å². The van der Waals surface area contributed by atoms with Gasteiger partial charge in [0.1, 0.15) is 0 Å². The standard InChI is InChI=1S/C10H14BrNO2/c1-13-7-9-4-3-8(5-10(9)11)6-12-14-2/h3-5,12H,6-7H2,1-2H3. The first-order valence-electron chi connectivity index (χ1n) is 4.30. The van der Waals surface area contributed by atoms with Gasteiger partial charge in [-0.05, 0) is 17.2 Å². The Labute approximate surface area is 92.5 Å². The molecule has 0 aromatic heterocycles. The first-order chi connectivity index (χ1) is 6.77. The van der Waals surface area contributed by atoms with Crippen molar-refractivity contribution in [2.75, 3.05) is 14.2 Å². The van der Waals surface area contributed by atoms with E-state index in [1.165, 1.54) is 5.56 Å². The molecule has 0 amide bonds. The fourth-order valence-corrected chi connectivity index (χ4v) is 1.67. The smallest absolute Gasteiger partial charge is 0.0724 e. The van der Waals surface area contributed by atoms with Crippen LogP contribution in [0.3, 0.4) is 0 Å². The number of hydroxylamine groups is 1. The number of benzene rings is 1. The third kappa shape index (κ3) is 3.38. The Morgan fingerprint density at radius 3 is 2.71 bits per heavy atom. The van der Waals surface area contributed by atoms with Gasteiger partial charge in [0, 0.05) is 18.1 Å². The Morgan fingerprint density at radius 1 is 1.36 bits per heavy atom. The Morgan fingerprint density at radius 2 is 2.14 bits per heavy atom. The van der Waals surface area contributed by atoms with Crippen LogP contribution in [0.15, 0.2) is 22.7 Å². The molecule has 1 aromatic rings. The Balaban J connectivity index is 2.68. The fraction of sp³-hybridized carbons (Fsp3) is 0.400. The molecule has 0 radical (unpaired) electrons. The molecule has 0 fully saturated rings. The van der Waals surface area contributed by atoms with E-state index >= 15 is 0 Å². The molecule has 0 spiro atoms. The van der Waals surface area contributed by atoms with Crippen LogP contribution in [0, 0.1) is 0 Å². The van der Waals surface area contributed by atoms with Crippen molar-refractivity contribution < 1.29 is 9.57 Å². The van der Waals surface area contributed by atoms with E-state index in [0.717, 1.165) is 10.0 Å². The van der Waals surface area contributed by atoms with Crippen LogP contribution in [0.25, 0.3) is 0 Å². The zero-order valence-corrected chi connectivity index (χ0v) is 9.93. The first kappa shape index (κ1) is 11.7. The fourth-order valence-electron chi connectivity index (χ4n) is 1.13. The second-order valence-electron chi connectivity index (χ2n) is 2.88. The molecular formula is C10H14BrNO2. The molecule has 0 atom stereocenters. The van der Waals surface area contributed by atoms with Crippen LogP contribution < -0.4 is 5.48 Å². The predicted octanol–water partition coefficient (Wildman–Crippen LogP) is 2.25. The van der Waals surface area contributed by atoms with Crippen molar-refractivity contribution in [2.45, 2.75) is 13.2 Å². The summed E-state index contributed by atoms with van der Waals surface area (Å²) in [5.74, 6) is 0. The lowest BCUT2D eigenvalue weighted by Gasteiger charge is -2.06. The highest BCUT2D eigenvalue weighted by Crippen LogP contribution is 2.19. The van der Waals surface area contributed by atoms with E-state index in [-0.39, 0.29) is 0 Å². The molecule has 0 aliphatic heterocycles.